The number of carboxylic acid groups (broad SMARTS) is 2. The van der Waals surface area contributed by atoms with E-state index in [0.29, 0.717) is 13.1 Å². The van der Waals surface area contributed by atoms with Gasteiger partial charge in [-0.3, -0.25) is 4.79 Å². The first-order valence-corrected chi connectivity index (χ1v) is 5.36. The average Bonchev–Trinajstić information content (AvgIpc) is 2.77. The minimum absolute atomic E-state index is 0.489. The molecule has 92 valence electrons. The lowest BCUT2D eigenvalue weighted by molar-refractivity contribution is -0.137. The quantitative estimate of drug-likeness (QED) is 0.320. The predicted octanol–water partition coefficient (Wildman–Crippen LogP) is 0.0743. The number of carbonyl (C=O) groups excluding carboxylic acids is 1. The van der Waals surface area contributed by atoms with Gasteiger partial charge in [-0.1, -0.05) is 12.2 Å². The summed E-state index contributed by atoms with van der Waals surface area (Å²) in [4.78, 5) is 33.9. The zero-order valence-electron chi connectivity index (χ0n) is 8.88. The Hall–Kier alpha value is -1.76. The molecule has 6 nitrogen and oxygen atoms in total. The lowest BCUT2D eigenvalue weighted by Crippen LogP contribution is -2.32. The fourth-order valence-electron chi connectivity index (χ4n) is 1.50. The highest BCUT2D eigenvalue weighted by atomic mass is 32.1. The first kappa shape index (κ1) is 13.3. The summed E-state index contributed by atoms with van der Waals surface area (Å²) >= 11 is 4.46. The monoisotopic (exact) mass is 257 g/mol. The molecule has 0 aliphatic carbocycles. The van der Waals surface area contributed by atoms with Crippen LogP contribution in [0.3, 0.4) is 0 Å². The molecular formula is C10H11NO5S. The van der Waals surface area contributed by atoms with Crippen molar-refractivity contribution >= 4 is 34.9 Å². The standard InChI is InChI=1S/C10H11NO5S/c12-8(11-3-1-2-4-11)6(9(13)14)5-7(17)10(15)16/h5H,1-4H2,(H,13,14)(H,15,16)/b6-5-. The number of nitrogens with zero attached hydrogens (tertiary/aromatic N) is 1. The van der Waals surface area contributed by atoms with Crippen molar-refractivity contribution < 1.29 is 24.6 Å². The first-order chi connectivity index (χ1) is 7.93. The van der Waals surface area contributed by atoms with Crippen molar-refractivity contribution in [3.63, 3.8) is 0 Å². The molecule has 1 aliphatic rings. The van der Waals surface area contributed by atoms with Gasteiger partial charge in [-0.25, -0.2) is 9.59 Å². The molecule has 1 rings (SSSR count). The van der Waals surface area contributed by atoms with Gasteiger partial charge in [0.15, 0.2) is 0 Å². The van der Waals surface area contributed by atoms with Gasteiger partial charge in [-0.15, -0.1) is 0 Å². The second-order valence-corrected chi connectivity index (χ2v) is 3.97. The van der Waals surface area contributed by atoms with Gasteiger partial charge in [0.05, 0.1) is 0 Å². The molecule has 0 spiro atoms. The fraction of sp³-hybridized carbons (Fsp3) is 0.400. The highest BCUT2D eigenvalue weighted by molar-refractivity contribution is 7.82. The van der Waals surface area contributed by atoms with Crippen LogP contribution >= 0.6 is 12.2 Å². The van der Waals surface area contributed by atoms with Crippen molar-refractivity contribution in [2.45, 2.75) is 12.8 Å². The van der Waals surface area contributed by atoms with Gasteiger partial charge in [0.2, 0.25) is 0 Å². The van der Waals surface area contributed by atoms with Crippen molar-refractivity contribution in [3.05, 3.63) is 11.6 Å². The van der Waals surface area contributed by atoms with Gasteiger partial charge < -0.3 is 15.1 Å². The Kier molecular flexibility index (Phi) is 4.33. The Bertz CT molecular complexity index is 409. The van der Waals surface area contributed by atoms with Gasteiger partial charge in [0.25, 0.3) is 5.91 Å². The summed E-state index contributed by atoms with van der Waals surface area (Å²) < 4.78 is 0. The van der Waals surface area contributed by atoms with Crippen LogP contribution in [0.5, 0.6) is 0 Å². The Labute approximate surface area is 103 Å². The number of amides is 1. The number of carbonyl (C=O) groups is 3. The number of hydrogen-bond acceptors (Lipinski definition) is 4. The van der Waals surface area contributed by atoms with E-state index in [4.69, 9.17) is 10.2 Å². The molecule has 1 amide bonds. The van der Waals surface area contributed by atoms with Crippen molar-refractivity contribution in [2.75, 3.05) is 13.1 Å². The van der Waals surface area contributed by atoms with Gasteiger partial charge >= 0.3 is 11.9 Å². The van der Waals surface area contributed by atoms with Crippen LogP contribution in [-0.4, -0.2) is 50.9 Å². The van der Waals surface area contributed by atoms with E-state index in [1.165, 1.54) is 4.90 Å². The Balaban J connectivity index is 2.92. The second-order valence-electron chi connectivity index (χ2n) is 3.53. The van der Waals surface area contributed by atoms with Gasteiger partial charge in [0, 0.05) is 13.1 Å². The number of carboxylic acids is 2. The molecule has 0 saturated carbocycles. The maximum Gasteiger partial charge on any atom is 0.346 e. The predicted molar refractivity (Wildman–Crippen MR) is 61.8 cm³/mol. The maximum atomic E-state index is 11.8. The summed E-state index contributed by atoms with van der Waals surface area (Å²) in [6.45, 7) is 0.979. The highest BCUT2D eigenvalue weighted by Gasteiger charge is 2.26. The molecule has 0 radical (unpaired) electrons. The third kappa shape index (κ3) is 3.35. The van der Waals surface area contributed by atoms with Crippen LogP contribution in [0.1, 0.15) is 12.8 Å². The van der Waals surface area contributed by atoms with E-state index in [2.05, 4.69) is 12.2 Å². The molecule has 7 heteroatoms. The third-order valence-corrected chi connectivity index (χ3v) is 2.63. The summed E-state index contributed by atoms with van der Waals surface area (Å²) in [5, 5.41) is 17.4. The van der Waals surface area contributed by atoms with Crippen LogP contribution < -0.4 is 0 Å². The van der Waals surface area contributed by atoms with Crippen LogP contribution in [0.15, 0.2) is 11.6 Å². The number of rotatable bonds is 4. The van der Waals surface area contributed by atoms with Gasteiger partial charge in [-0.2, -0.15) is 0 Å². The lowest BCUT2D eigenvalue weighted by atomic mass is 10.2. The summed E-state index contributed by atoms with van der Waals surface area (Å²) in [6.07, 6.45) is 2.37. The normalized spacial score (nSPS) is 15.8. The van der Waals surface area contributed by atoms with Crippen molar-refractivity contribution in [1.29, 1.82) is 0 Å². The van der Waals surface area contributed by atoms with E-state index < -0.39 is 28.3 Å². The van der Waals surface area contributed by atoms with Crippen molar-refractivity contribution in [3.8, 4) is 0 Å². The van der Waals surface area contributed by atoms with Gasteiger partial charge in [0.1, 0.15) is 10.4 Å². The molecule has 0 aromatic carbocycles. The van der Waals surface area contributed by atoms with E-state index in [-0.39, 0.29) is 0 Å². The van der Waals surface area contributed by atoms with Crippen LogP contribution in [0.4, 0.5) is 0 Å². The molecule has 2 N–H and O–H groups in total. The van der Waals surface area contributed by atoms with E-state index in [1.54, 1.807) is 0 Å². The van der Waals surface area contributed by atoms with E-state index in [1.807, 2.05) is 0 Å². The Morgan fingerprint density at radius 3 is 2.00 bits per heavy atom. The molecule has 0 aromatic rings. The van der Waals surface area contributed by atoms with Crippen LogP contribution in [0.2, 0.25) is 0 Å². The van der Waals surface area contributed by atoms with E-state index in [0.717, 1.165) is 18.9 Å². The average molecular weight is 257 g/mol. The van der Waals surface area contributed by atoms with Crippen LogP contribution in [0, 0.1) is 0 Å². The van der Waals surface area contributed by atoms with E-state index >= 15 is 0 Å². The topological polar surface area (TPSA) is 94.9 Å². The summed E-state index contributed by atoms with van der Waals surface area (Å²) in [5.41, 5.74) is -0.598. The van der Waals surface area contributed by atoms with Crippen LogP contribution in [0.25, 0.3) is 0 Å². The number of hydrogen-bond donors (Lipinski definition) is 2. The zero-order valence-corrected chi connectivity index (χ0v) is 9.70. The Morgan fingerprint density at radius 1 is 1.06 bits per heavy atom. The first-order valence-electron chi connectivity index (χ1n) is 4.95. The summed E-state index contributed by atoms with van der Waals surface area (Å²) in [5.74, 6) is -3.57. The molecule has 0 bridgehead atoms. The summed E-state index contributed by atoms with van der Waals surface area (Å²) in [6, 6.07) is 0. The minimum atomic E-state index is -1.47. The molecule has 1 heterocycles. The van der Waals surface area contributed by atoms with Crippen molar-refractivity contribution in [1.82, 2.24) is 4.90 Å². The lowest BCUT2D eigenvalue weighted by Gasteiger charge is -2.15. The fourth-order valence-corrected chi connectivity index (χ4v) is 1.62. The highest BCUT2D eigenvalue weighted by Crippen LogP contribution is 2.12. The molecule has 17 heavy (non-hydrogen) atoms. The molecule has 0 aromatic heterocycles. The maximum absolute atomic E-state index is 11.8. The SMILES string of the molecule is O=C(O)C(=S)/C=C(\C(=O)O)C(=O)N1CCCC1. The molecule has 1 aliphatic heterocycles. The second kappa shape index (κ2) is 5.53. The van der Waals surface area contributed by atoms with Crippen molar-refractivity contribution in [2.24, 2.45) is 0 Å². The minimum Gasteiger partial charge on any atom is -0.477 e. The smallest absolute Gasteiger partial charge is 0.346 e. The number of aliphatic carboxylic acids is 2. The molecule has 0 atom stereocenters. The van der Waals surface area contributed by atoms with E-state index in [9.17, 15) is 14.4 Å². The molecule has 1 fully saturated rings. The third-order valence-electron chi connectivity index (χ3n) is 2.34. The Morgan fingerprint density at radius 2 is 1.59 bits per heavy atom. The molecule has 1 saturated heterocycles. The zero-order chi connectivity index (χ0) is 13.0. The largest absolute Gasteiger partial charge is 0.477 e. The number of thiocarbonyl (C=S) groups is 1. The van der Waals surface area contributed by atoms with Gasteiger partial charge in [-0.05, 0) is 18.9 Å². The number of likely N-dealkylation sites (tertiary alicyclic amines) is 1. The van der Waals surface area contributed by atoms with Crippen LogP contribution in [-0.2, 0) is 14.4 Å². The molecular weight excluding hydrogens is 246 g/mol. The summed E-state index contributed by atoms with van der Waals surface area (Å²) in [7, 11) is 0. The molecule has 0 unspecified atom stereocenters.